The third-order valence-corrected chi connectivity index (χ3v) is 3.12. The van der Waals surface area contributed by atoms with Crippen LogP contribution in [0.3, 0.4) is 0 Å². The van der Waals surface area contributed by atoms with Gasteiger partial charge in [0.05, 0.1) is 12.7 Å². The fourth-order valence-corrected chi connectivity index (χ4v) is 2.19. The van der Waals surface area contributed by atoms with Crippen molar-refractivity contribution < 1.29 is 4.74 Å². The number of guanidine groups is 1. The van der Waals surface area contributed by atoms with E-state index in [1.165, 1.54) is 38.5 Å². The third-order valence-electron chi connectivity index (χ3n) is 3.12. The van der Waals surface area contributed by atoms with Gasteiger partial charge >= 0.3 is 0 Å². The average molecular weight is 241 g/mol. The number of aliphatic imine (C=N–C) groups is 1. The summed E-state index contributed by atoms with van der Waals surface area (Å²) in [6, 6.07) is 0. The maximum absolute atomic E-state index is 5.89. The Kier molecular flexibility index (Phi) is 7.80. The van der Waals surface area contributed by atoms with Crippen molar-refractivity contribution in [2.75, 3.05) is 26.7 Å². The number of rotatable bonds is 5. The molecule has 17 heavy (non-hydrogen) atoms. The van der Waals surface area contributed by atoms with Gasteiger partial charge in [-0.1, -0.05) is 25.7 Å². The number of ether oxygens (including phenoxy) is 1. The van der Waals surface area contributed by atoms with Crippen molar-refractivity contribution in [1.82, 2.24) is 10.6 Å². The quantitative estimate of drug-likeness (QED) is 0.334. The normalized spacial score (nSPS) is 18.8. The average Bonchev–Trinajstić information content (AvgIpc) is 2.61. The fourth-order valence-electron chi connectivity index (χ4n) is 2.19. The largest absolute Gasteiger partial charge is 0.376 e. The van der Waals surface area contributed by atoms with Crippen LogP contribution in [0.25, 0.3) is 0 Å². The summed E-state index contributed by atoms with van der Waals surface area (Å²) in [7, 11) is 1.79. The van der Waals surface area contributed by atoms with Crippen LogP contribution in [0.4, 0.5) is 0 Å². The standard InChI is InChI=1S/C13H27N3O/c1-3-15-13(14-2)16-10-11-17-12-8-6-4-5-7-9-12/h12H,3-11H2,1-2H3,(H2,14,15,16). The Bertz CT molecular complexity index is 211. The van der Waals surface area contributed by atoms with Crippen LogP contribution >= 0.6 is 0 Å². The maximum atomic E-state index is 5.89. The highest BCUT2D eigenvalue weighted by molar-refractivity contribution is 5.79. The number of nitrogens with zero attached hydrogens (tertiary/aromatic N) is 1. The van der Waals surface area contributed by atoms with Crippen molar-refractivity contribution in [3.05, 3.63) is 0 Å². The lowest BCUT2D eigenvalue weighted by molar-refractivity contribution is 0.0468. The number of nitrogens with one attached hydrogen (secondary N) is 2. The van der Waals surface area contributed by atoms with E-state index in [9.17, 15) is 0 Å². The van der Waals surface area contributed by atoms with Crippen LogP contribution in [-0.4, -0.2) is 38.8 Å². The highest BCUT2D eigenvalue weighted by Crippen LogP contribution is 2.19. The molecule has 4 heteroatoms. The summed E-state index contributed by atoms with van der Waals surface area (Å²) in [6.45, 7) is 4.56. The first-order valence-electron chi connectivity index (χ1n) is 6.93. The summed E-state index contributed by atoms with van der Waals surface area (Å²) in [4.78, 5) is 4.12. The van der Waals surface area contributed by atoms with Gasteiger partial charge in [-0.3, -0.25) is 4.99 Å². The molecule has 0 spiro atoms. The predicted molar refractivity (Wildman–Crippen MR) is 72.5 cm³/mol. The minimum Gasteiger partial charge on any atom is -0.376 e. The van der Waals surface area contributed by atoms with Crippen molar-refractivity contribution >= 4 is 5.96 Å². The maximum Gasteiger partial charge on any atom is 0.191 e. The molecule has 0 saturated heterocycles. The minimum absolute atomic E-state index is 0.487. The molecule has 0 bridgehead atoms. The molecule has 100 valence electrons. The molecule has 1 rings (SSSR count). The van der Waals surface area contributed by atoms with Crippen molar-refractivity contribution in [2.24, 2.45) is 4.99 Å². The topological polar surface area (TPSA) is 45.7 Å². The Morgan fingerprint density at radius 3 is 2.47 bits per heavy atom. The second-order valence-corrected chi connectivity index (χ2v) is 4.51. The zero-order chi connectivity index (χ0) is 12.3. The molecule has 0 atom stereocenters. The Morgan fingerprint density at radius 2 is 1.88 bits per heavy atom. The fraction of sp³-hybridized carbons (Fsp3) is 0.923. The van der Waals surface area contributed by atoms with E-state index in [2.05, 4.69) is 22.5 Å². The molecule has 0 aromatic heterocycles. The van der Waals surface area contributed by atoms with Crippen LogP contribution in [0.5, 0.6) is 0 Å². The van der Waals surface area contributed by atoms with Crippen LogP contribution in [0.2, 0.25) is 0 Å². The summed E-state index contributed by atoms with van der Waals surface area (Å²) in [5.74, 6) is 0.858. The molecular weight excluding hydrogens is 214 g/mol. The first kappa shape index (κ1) is 14.3. The predicted octanol–water partition coefficient (Wildman–Crippen LogP) is 1.91. The first-order chi connectivity index (χ1) is 8.36. The molecular formula is C13H27N3O. The molecule has 0 heterocycles. The lowest BCUT2D eigenvalue weighted by Crippen LogP contribution is -2.39. The lowest BCUT2D eigenvalue weighted by Gasteiger charge is -2.16. The van der Waals surface area contributed by atoms with E-state index in [1.807, 2.05) is 0 Å². The Morgan fingerprint density at radius 1 is 1.18 bits per heavy atom. The van der Waals surface area contributed by atoms with Crippen LogP contribution in [0.1, 0.15) is 45.4 Å². The van der Waals surface area contributed by atoms with Gasteiger partial charge in [0.2, 0.25) is 0 Å². The zero-order valence-corrected chi connectivity index (χ0v) is 11.3. The van der Waals surface area contributed by atoms with Gasteiger partial charge in [-0.05, 0) is 19.8 Å². The van der Waals surface area contributed by atoms with Gasteiger partial charge in [0.25, 0.3) is 0 Å². The lowest BCUT2D eigenvalue weighted by atomic mass is 10.1. The van der Waals surface area contributed by atoms with E-state index in [0.717, 1.165) is 25.7 Å². The van der Waals surface area contributed by atoms with E-state index in [-0.39, 0.29) is 0 Å². The third kappa shape index (κ3) is 6.51. The molecule has 0 radical (unpaired) electrons. The number of hydrogen-bond acceptors (Lipinski definition) is 2. The highest BCUT2D eigenvalue weighted by Gasteiger charge is 2.11. The van der Waals surface area contributed by atoms with E-state index < -0.39 is 0 Å². The molecule has 0 aromatic carbocycles. The van der Waals surface area contributed by atoms with E-state index >= 15 is 0 Å². The Labute approximate surface area is 105 Å². The Balaban J connectivity index is 2.06. The molecule has 1 aliphatic carbocycles. The van der Waals surface area contributed by atoms with Gasteiger partial charge in [0, 0.05) is 20.1 Å². The van der Waals surface area contributed by atoms with Crippen molar-refractivity contribution in [3.63, 3.8) is 0 Å². The smallest absolute Gasteiger partial charge is 0.191 e. The molecule has 4 nitrogen and oxygen atoms in total. The van der Waals surface area contributed by atoms with Gasteiger partial charge in [-0.2, -0.15) is 0 Å². The molecule has 1 aliphatic rings. The number of hydrogen-bond donors (Lipinski definition) is 2. The van der Waals surface area contributed by atoms with Crippen molar-refractivity contribution in [2.45, 2.75) is 51.6 Å². The van der Waals surface area contributed by atoms with Gasteiger partial charge in [-0.15, -0.1) is 0 Å². The van der Waals surface area contributed by atoms with Gasteiger partial charge < -0.3 is 15.4 Å². The van der Waals surface area contributed by atoms with E-state index in [4.69, 9.17) is 4.74 Å². The van der Waals surface area contributed by atoms with Crippen molar-refractivity contribution in [1.29, 1.82) is 0 Å². The Hall–Kier alpha value is -0.770. The van der Waals surface area contributed by atoms with Crippen LogP contribution in [0.15, 0.2) is 4.99 Å². The summed E-state index contributed by atoms with van der Waals surface area (Å²) >= 11 is 0. The SMILES string of the molecule is CCNC(=NC)NCCOC1CCCCCC1. The summed E-state index contributed by atoms with van der Waals surface area (Å²) in [6.07, 6.45) is 8.38. The molecule has 1 saturated carbocycles. The summed E-state index contributed by atoms with van der Waals surface area (Å²) in [5.41, 5.74) is 0. The van der Waals surface area contributed by atoms with E-state index in [0.29, 0.717) is 6.10 Å². The molecule has 0 unspecified atom stereocenters. The van der Waals surface area contributed by atoms with Crippen molar-refractivity contribution in [3.8, 4) is 0 Å². The monoisotopic (exact) mass is 241 g/mol. The first-order valence-corrected chi connectivity index (χ1v) is 6.93. The second kappa shape index (κ2) is 9.28. The van der Waals surface area contributed by atoms with Crippen LogP contribution < -0.4 is 10.6 Å². The molecule has 2 N–H and O–H groups in total. The highest BCUT2D eigenvalue weighted by atomic mass is 16.5. The van der Waals surface area contributed by atoms with Crippen LogP contribution in [0, 0.1) is 0 Å². The molecule has 0 amide bonds. The van der Waals surface area contributed by atoms with Gasteiger partial charge in [0.15, 0.2) is 5.96 Å². The second-order valence-electron chi connectivity index (χ2n) is 4.51. The minimum atomic E-state index is 0.487. The van der Waals surface area contributed by atoms with Crippen LogP contribution in [-0.2, 0) is 4.74 Å². The summed E-state index contributed by atoms with van der Waals surface area (Å²) < 4.78 is 5.89. The molecule has 1 fully saturated rings. The van der Waals surface area contributed by atoms with Gasteiger partial charge in [-0.25, -0.2) is 0 Å². The molecule has 0 aromatic rings. The van der Waals surface area contributed by atoms with E-state index in [1.54, 1.807) is 7.05 Å². The van der Waals surface area contributed by atoms with Gasteiger partial charge in [0.1, 0.15) is 0 Å². The summed E-state index contributed by atoms with van der Waals surface area (Å²) in [5, 5.41) is 6.40. The zero-order valence-electron chi connectivity index (χ0n) is 11.3. The molecule has 0 aliphatic heterocycles.